The number of rotatable bonds is 8. The Morgan fingerprint density at radius 1 is 1.08 bits per heavy atom. The minimum Gasteiger partial charge on any atom is -0.346 e. The number of hydrogen-bond donors (Lipinski definition) is 0. The summed E-state index contributed by atoms with van der Waals surface area (Å²) in [5, 5.41) is 0. The Labute approximate surface area is 80.4 Å². The lowest BCUT2D eigenvalue weighted by atomic mass is 10.3. The zero-order valence-electron chi connectivity index (χ0n) is 8.84. The first kappa shape index (κ1) is 12.6. The van der Waals surface area contributed by atoms with Crippen molar-refractivity contribution in [2.75, 3.05) is 13.2 Å². The summed E-state index contributed by atoms with van der Waals surface area (Å²) in [5.74, 6) is 0.0295. The third kappa shape index (κ3) is 5.77. The molecule has 0 unspecified atom stereocenters. The quantitative estimate of drug-likeness (QED) is 0.547. The fraction of sp³-hybridized carbons (Fsp3) is 0.900. The predicted octanol–water partition coefficient (Wildman–Crippen LogP) is 2.14. The minimum absolute atomic E-state index is 0.0295. The van der Waals surface area contributed by atoms with Crippen LogP contribution in [0.5, 0.6) is 0 Å². The van der Waals surface area contributed by atoms with Crippen molar-refractivity contribution in [3.8, 4) is 0 Å². The van der Waals surface area contributed by atoms with Crippen molar-refractivity contribution in [3.05, 3.63) is 0 Å². The Kier molecular flexibility index (Phi) is 7.94. The zero-order valence-corrected chi connectivity index (χ0v) is 8.84. The van der Waals surface area contributed by atoms with E-state index in [9.17, 15) is 4.79 Å². The molecular formula is C10H20O3. The summed E-state index contributed by atoms with van der Waals surface area (Å²) in [7, 11) is 0. The van der Waals surface area contributed by atoms with E-state index in [0.29, 0.717) is 19.6 Å². The van der Waals surface area contributed by atoms with E-state index in [2.05, 4.69) is 0 Å². The topological polar surface area (TPSA) is 35.5 Å². The number of ether oxygens (including phenoxy) is 2. The standard InChI is InChI=1S/C10H20O3/c1-4-7-12-10(9(11)6-3)13-8-5-2/h10H,4-8H2,1-3H3. The van der Waals surface area contributed by atoms with Crippen molar-refractivity contribution >= 4 is 5.78 Å². The van der Waals surface area contributed by atoms with Crippen LogP contribution in [0.3, 0.4) is 0 Å². The van der Waals surface area contributed by atoms with Crippen LogP contribution in [-0.4, -0.2) is 25.3 Å². The minimum atomic E-state index is -0.634. The summed E-state index contributed by atoms with van der Waals surface area (Å²) in [5.41, 5.74) is 0. The molecule has 0 spiro atoms. The molecule has 0 amide bonds. The van der Waals surface area contributed by atoms with Gasteiger partial charge in [-0.3, -0.25) is 4.79 Å². The summed E-state index contributed by atoms with van der Waals surface area (Å²) in [6.07, 6.45) is 1.65. The molecule has 0 aromatic rings. The van der Waals surface area contributed by atoms with E-state index in [1.54, 1.807) is 0 Å². The van der Waals surface area contributed by atoms with E-state index < -0.39 is 6.29 Å². The van der Waals surface area contributed by atoms with Crippen LogP contribution < -0.4 is 0 Å². The highest BCUT2D eigenvalue weighted by molar-refractivity contribution is 5.81. The first-order valence-electron chi connectivity index (χ1n) is 5.02. The maximum atomic E-state index is 11.3. The molecule has 3 heteroatoms. The maximum absolute atomic E-state index is 11.3. The molecule has 0 radical (unpaired) electrons. The van der Waals surface area contributed by atoms with Gasteiger partial charge in [-0.05, 0) is 12.8 Å². The second kappa shape index (κ2) is 8.20. The van der Waals surface area contributed by atoms with Crippen LogP contribution >= 0.6 is 0 Å². The number of ketones is 1. The number of hydrogen-bond acceptors (Lipinski definition) is 3. The SMILES string of the molecule is CCCOC(OCCC)C(=O)CC. The van der Waals surface area contributed by atoms with E-state index in [-0.39, 0.29) is 5.78 Å². The first-order valence-corrected chi connectivity index (χ1v) is 5.02. The molecule has 0 bridgehead atoms. The second-order valence-corrected chi connectivity index (χ2v) is 2.89. The van der Waals surface area contributed by atoms with Crippen molar-refractivity contribution in [2.45, 2.75) is 46.3 Å². The molecule has 3 nitrogen and oxygen atoms in total. The van der Waals surface area contributed by atoms with Gasteiger partial charge in [0, 0.05) is 19.6 Å². The molecule has 0 rings (SSSR count). The van der Waals surface area contributed by atoms with Crippen molar-refractivity contribution in [1.82, 2.24) is 0 Å². The Hall–Kier alpha value is -0.410. The highest BCUT2D eigenvalue weighted by Crippen LogP contribution is 2.01. The average Bonchev–Trinajstić information content (AvgIpc) is 2.17. The summed E-state index contributed by atoms with van der Waals surface area (Å²) < 4.78 is 10.5. The largest absolute Gasteiger partial charge is 0.346 e. The molecule has 0 fully saturated rings. The molecule has 0 aromatic carbocycles. The van der Waals surface area contributed by atoms with E-state index in [1.165, 1.54) is 0 Å². The second-order valence-electron chi connectivity index (χ2n) is 2.89. The van der Waals surface area contributed by atoms with Crippen LogP contribution in [-0.2, 0) is 14.3 Å². The lowest BCUT2D eigenvalue weighted by Crippen LogP contribution is -2.27. The maximum Gasteiger partial charge on any atom is 0.217 e. The van der Waals surface area contributed by atoms with Crippen molar-refractivity contribution in [1.29, 1.82) is 0 Å². The molecule has 0 saturated heterocycles. The smallest absolute Gasteiger partial charge is 0.217 e. The van der Waals surface area contributed by atoms with Gasteiger partial charge in [-0.15, -0.1) is 0 Å². The fourth-order valence-corrected chi connectivity index (χ4v) is 0.850. The third-order valence-corrected chi connectivity index (χ3v) is 1.56. The molecule has 0 aliphatic rings. The Morgan fingerprint density at radius 2 is 1.54 bits per heavy atom. The van der Waals surface area contributed by atoms with Gasteiger partial charge >= 0.3 is 0 Å². The molecule has 78 valence electrons. The van der Waals surface area contributed by atoms with Gasteiger partial charge in [0.05, 0.1) is 0 Å². The van der Waals surface area contributed by atoms with E-state index in [0.717, 1.165) is 12.8 Å². The molecule has 0 aliphatic carbocycles. The highest BCUT2D eigenvalue weighted by Gasteiger charge is 2.16. The van der Waals surface area contributed by atoms with Gasteiger partial charge < -0.3 is 9.47 Å². The van der Waals surface area contributed by atoms with Crippen LogP contribution in [0.25, 0.3) is 0 Å². The van der Waals surface area contributed by atoms with Gasteiger partial charge in [0.1, 0.15) is 0 Å². The Bertz CT molecular complexity index is 126. The Morgan fingerprint density at radius 3 is 1.85 bits per heavy atom. The van der Waals surface area contributed by atoms with Crippen LogP contribution in [0, 0.1) is 0 Å². The molecule has 13 heavy (non-hydrogen) atoms. The Balaban J connectivity index is 3.79. The normalized spacial score (nSPS) is 10.8. The molecule has 0 atom stereocenters. The van der Waals surface area contributed by atoms with Gasteiger partial charge in [-0.1, -0.05) is 20.8 Å². The van der Waals surface area contributed by atoms with Gasteiger partial charge in [-0.25, -0.2) is 0 Å². The predicted molar refractivity (Wildman–Crippen MR) is 51.6 cm³/mol. The summed E-state index contributed by atoms with van der Waals surface area (Å²) in [4.78, 5) is 11.3. The van der Waals surface area contributed by atoms with Crippen molar-refractivity contribution < 1.29 is 14.3 Å². The lowest BCUT2D eigenvalue weighted by Gasteiger charge is -2.15. The molecule has 0 N–H and O–H groups in total. The van der Waals surface area contributed by atoms with Crippen molar-refractivity contribution in [3.63, 3.8) is 0 Å². The molecular weight excluding hydrogens is 168 g/mol. The van der Waals surface area contributed by atoms with Crippen LogP contribution in [0.4, 0.5) is 0 Å². The summed E-state index contributed by atoms with van der Waals surface area (Å²) in [6, 6.07) is 0. The van der Waals surface area contributed by atoms with E-state index >= 15 is 0 Å². The number of carbonyl (C=O) groups is 1. The van der Waals surface area contributed by atoms with E-state index in [1.807, 2.05) is 20.8 Å². The fourth-order valence-electron chi connectivity index (χ4n) is 0.850. The van der Waals surface area contributed by atoms with Crippen molar-refractivity contribution in [2.24, 2.45) is 0 Å². The summed E-state index contributed by atoms with van der Waals surface area (Å²) >= 11 is 0. The number of Topliss-reactive ketones (excluding diaryl/α,β-unsaturated/α-hetero) is 1. The average molecular weight is 188 g/mol. The first-order chi connectivity index (χ1) is 6.26. The molecule has 0 aromatic heterocycles. The highest BCUT2D eigenvalue weighted by atomic mass is 16.7. The monoisotopic (exact) mass is 188 g/mol. The zero-order chi connectivity index (χ0) is 10.1. The number of carbonyl (C=O) groups excluding carboxylic acids is 1. The van der Waals surface area contributed by atoms with Crippen LogP contribution in [0.15, 0.2) is 0 Å². The van der Waals surface area contributed by atoms with Crippen LogP contribution in [0.2, 0.25) is 0 Å². The van der Waals surface area contributed by atoms with Gasteiger partial charge in [-0.2, -0.15) is 0 Å². The van der Waals surface area contributed by atoms with Crippen LogP contribution in [0.1, 0.15) is 40.0 Å². The van der Waals surface area contributed by atoms with E-state index in [4.69, 9.17) is 9.47 Å². The summed E-state index contributed by atoms with van der Waals surface area (Å²) in [6.45, 7) is 7.00. The lowest BCUT2D eigenvalue weighted by molar-refractivity contribution is -0.170. The van der Waals surface area contributed by atoms with Gasteiger partial charge in [0.25, 0.3) is 0 Å². The molecule has 0 saturated carbocycles. The van der Waals surface area contributed by atoms with Gasteiger partial charge in [0.2, 0.25) is 6.29 Å². The molecule has 0 heterocycles. The molecule has 0 aliphatic heterocycles. The van der Waals surface area contributed by atoms with Gasteiger partial charge in [0.15, 0.2) is 5.78 Å². The third-order valence-electron chi connectivity index (χ3n) is 1.56.